The molecule has 0 saturated carbocycles. The van der Waals surface area contributed by atoms with Gasteiger partial charge in [-0.1, -0.05) is 20.3 Å². The molecule has 136 valence electrons. The van der Waals surface area contributed by atoms with Crippen LogP contribution in [0.5, 0.6) is 0 Å². The second-order valence-electron chi connectivity index (χ2n) is 4.64. The summed E-state index contributed by atoms with van der Waals surface area (Å²) in [6.45, 7) is 2.74. The van der Waals surface area contributed by atoms with Crippen LogP contribution in [0.2, 0.25) is 0 Å². The summed E-state index contributed by atoms with van der Waals surface area (Å²) in [5, 5.41) is 0. The molecule has 0 fully saturated rings. The SMILES string of the molecule is CCCCC(=O)OC(COC(=O)CC)COP(=O)(O)OCCN. The van der Waals surface area contributed by atoms with Crippen molar-refractivity contribution in [2.75, 3.05) is 26.4 Å². The van der Waals surface area contributed by atoms with E-state index in [4.69, 9.17) is 19.7 Å². The van der Waals surface area contributed by atoms with Crippen molar-refractivity contribution >= 4 is 19.8 Å². The molecule has 0 rings (SSSR count). The fraction of sp³-hybridized carbons (Fsp3) is 0.846. The highest BCUT2D eigenvalue weighted by Crippen LogP contribution is 2.43. The van der Waals surface area contributed by atoms with Gasteiger partial charge in [0.15, 0.2) is 6.10 Å². The van der Waals surface area contributed by atoms with E-state index >= 15 is 0 Å². The van der Waals surface area contributed by atoms with Gasteiger partial charge in [0.1, 0.15) is 6.61 Å². The lowest BCUT2D eigenvalue weighted by Crippen LogP contribution is -2.29. The molecule has 0 amide bonds. The average molecular weight is 355 g/mol. The lowest BCUT2D eigenvalue weighted by atomic mass is 10.2. The maximum absolute atomic E-state index is 11.6. The molecule has 2 unspecified atom stereocenters. The van der Waals surface area contributed by atoms with Crippen LogP contribution in [-0.2, 0) is 32.7 Å². The quantitative estimate of drug-likeness (QED) is 0.368. The second-order valence-corrected chi connectivity index (χ2v) is 6.09. The summed E-state index contributed by atoms with van der Waals surface area (Å²) >= 11 is 0. The minimum Gasteiger partial charge on any atom is -0.462 e. The number of phosphoric acid groups is 1. The van der Waals surface area contributed by atoms with Gasteiger partial charge in [-0.25, -0.2) is 4.57 Å². The van der Waals surface area contributed by atoms with Crippen molar-refractivity contribution in [3.63, 3.8) is 0 Å². The van der Waals surface area contributed by atoms with Gasteiger partial charge in [-0.15, -0.1) is 0 Å². The maximum Gasteiger partial charge on any atom is 0.472 e. The molecule has 0 radical (unpaired) electrons. The Kier molecular flexibility index (Phi) is 11.9. The minimum absolute atomic E-state index is 0.0530. The van der Waals surface area contributed by atoms with E-state index < -0.39 is 32.5 Å². The molecule has 0 spiro atoms. The fourth-order valence-electron chi connectivity index (χ4n) is 1.35. The molecular weight excluding hydrogens is 329 g/mol. The summed E-state index contributed by atoms with van der Waals surface area (Å²) < 4.78 is 30.8. The first-order chi connectivity index (χ1) is 10.8. The number of nitrogens with two attached hydrogens (primary N) is 1. The molecule has 0 saturated heterocycles. The Morgan fingerprint density at radius 2 is 1.87 bits per heavy atom. The van der Waals surface area contributed by atoms with E-state index in [0.717, 1.165) is 6.42 Å². The molecule has 0 aliphatic heterocycles. The predicted octanol–water partition coefficient (Wildman–Crippen LogP) is 1.13. The van der Waals surface area contributed by atoms with Gasteiger partial charge in [0.25, 0.3) is 0 Å². The minimum atomic E-state index is -4.29. The average Bonchev–Trinajstić information content (AvgIpc) is 2.53. The van der Waals surface area contributed by atoms with Crippen LogP contribution in [0.25, 0.3) is 0 Å². The van der Waals surface area contributed by atoms with Crippen molar-refractivity contribution in [1.29, 1.82) is 0 Å². The molecule has 23 heavy (non-hydrogen) atoms. The Morgan fingerprint density at radius 1 is 1.17 bits per heavy atom. The molecule has 0 aromatic carbocycles. The normalized spacial score (nSPS) is 14.8. The zero-order valence-corrected chi connectivity index (χ0v) is 14.5. The Balaban J connectivity index is 4.48. The Hall–Kier alpha value is -0.990. The second kappa shape index (κ2) is 12.4. The number of carbonyl (C=O) groups is 2. The van der Waals surface area contributed by atoms with Crippen LogP contribution >= 0.6 is 7.82 Å². The van der Waals surface area contributed by atoms with Crippen LogP contribution in [0.15, 0.2) is 0 Å². The van der Waals surface area contributed by atoms with Gasteiger partial charge >= 0.3 is 19.8 Å². The zero-order valence-electron chi connectivity index (χ0n) is 13.6. The smallest absolute Gasteiger partial charge is 0.462 e. The lowest BCUT2D eigenvalue weighted by Gasteiger charge is -2.19. The number of rotatable bonds is 13. The van der Waals surface area contributed by atoms with E-state index in [1.165, 1.54) is 0 Å². The van der Waals surface area contributed by atoms with Crippen LogP contribution < -0.4 is 5.73 Å². The molecular formula is C13H26NO8P. The molecule has 0 aliphatic rings. The summed E-state index contributed by atoms with van der Waals surface area (Å²) in [5.74, 6) is -0.977. The third-order valence-corrected chi connectivity index (χ3v) is 3.53. The lowest BCUT2D eigenvalue weighted by molar-refractivity contribution is -0.161. The Labute approximate surface area is 136 Å². The number of hydrogen-bond donors (Lipinski definition) is 2. The molecule has 3 N–H and O–H groups in total. The molecule has 0 bridgehead atoms. The molecule has 0 heterocycles. The summed E-state index contributed by atoms with van der Waals surface area (Å²) in [6, 6.07) is 0. The topological polar surface area (TPSA) is 134 Å². The first-order valence-electron chi connectivity index (χ1n) is 7.51. The Morgan fingerprint density at radius 3 is 2.43 bits per heavy atom. The van der Waals surface area contributed by atoms with E-state index in [-0.39, 0.29) is 32.6 Å². The van der Waals surface area contributed by atoms with Crippen LogP contribution in [0.1, 0.15) is 39.5 Å². The van der Waals surface area contributed by atoms with Gasteiger partial charge in [-0.05, 0) is 6.42 Å². The number of unbranched alkanes of at least 4 members (excludes halogenated alkanes) is 1. The van der Waals surface area contributed by atoms with Gasteiger partial charge in [0, 0.05) is 19.4 Å². The van der Waals surface area contributed by atoms with E-state index in [9.17, 15) is 19.0 Å². The zero-order chi connectivity index (χ0) is 17.7. The largest absolute Gasteiger partial charge is 0.472 e. The molecule has 2 atom stereocenters. The standard InChI is InChI=1S/C13H26NO8P/c1-3-5-6-13(16)22-11(9-19-12(15)4-2)10-21-23(17,18)20-8-7-14/h11H,3-10,14H2,1-2H3,(H,17,18). The van der Waals surface area contributed by atoms with Crippen molar-refractivity contribution in [2.45, 2.75) is 45.6 Å². The number of esters is 2. The molecule has 9 nitrogen and oxygen atoms in total. The van der Waals surface area contributed by atoms with E-state index in [2.05, 4.69) is 4.52 Å². The van der Waals surface area contributed by atoms with Crippen molar-refractivity contribution in [1.82, 2.24) is 0 Å². The summed E-state index contributed by atoms with van der Waals surface area (Å²) in [6.07, 6.45) is 0.848. The first kappa shape index (κ1) is 22.0. The summed E-state index contributed by atoms with van der Waals surface area (Å²) in [4.78, 5) is 32.2. The van der Waals surface area contributed by atoms with E-state index in [1.807, 2.05) is 6.92 Å². The summed E-state index contributed by atoms with van der Waals surface area (Å²) in [7, 11) is -4.29. The molecule has 10 heteroatoms. The van der Waals surface area contributed by atoms with Crippen LogP contribution in [-0.4, -0.2) is 49.3 Å². The van der Waals surface area contributed by atoms with Crippen molar-refractivity contribution in [3.8, 4) is 0 Å². The highest BCUT2D eigenvalue weighted by Gasteiger charge is 2.25. The third-order valence-electron chi connectivity index (χ3n) is 2.55. The number of carbonyl (C=O) groups excluding carboxylic acids is 2. The Bertz CT molecular complexity index is 403. The van der Waals surface area contributed by atoms with E-state index in [1.54, 1.807) is 6.92 Å². The highest BCUT2D eigenvalue weighted by atomic mass is 31.2. The van der Waals surface area contributed by atoms with Gasteiger partial charge < -0.3 is 20.1 Å². The maximum atomic E-state index is 11.6. The van der Waals surface area contributed by atoms with Gasteiger partial charge in [0.2, 0.25) is 0 Å². The van der Waals surface area contributed by atoms with Crippen molar-refractivity contribution in [3.05, 3.63) is 0 Å². The molecule has 0 aliphatic carbocycles. The van der Waals surface area contributed by atoms with Gasteiger partial charge in [-0.2, -0.15) is 0 Å². The number of ether oxygens (including phenoxy) is 2. The number of hydrogen-bond acceptors (Lipinski definition) is 8. The summed E-state index contributed by atoms with van der Waals surface area (Å²) in [5.41, 5.74) is 5.16. The third kappa shape index (κ3) is 12.1. The molecule has 0 aromatic heterocycles. The van der Waals surface area contributed by atoms with Crippen LogP contribution in [0, 0.1) is 0 Å². The van der Waals surface area contributed by atoms with Gasteiger partial charge in [-0.3, -0.25) is 18.6 Å². The fourth-order valence-corrected chi connectivity index (χ4v) is 2.12. The van der Waals surface area contributed by atoms with Crippen molar-refractivity contribution < 1.29 is 37.6 Å². The van der Waals surface area contributed by atoms with E-state index in [0.29, 0.717) is 6.42 Å². The monoisotopic (exact) mass is 355 g/mol. The first-order valence-corrected chi connectivity index (χ1v) is 9.01. The molecule has 0 aromatic rings. The van der Waals surface area contributed by atoms with Crippen LogP contribution in [0.3, 0.4) is 0 Å². The van der Waals surface area contributed by atoms with Gasteiger partial charge in [0.05, 0.1) is 13.2 Å². The highest BCUT2D eigenvalue weighted by molar-refractivity contribution is 7.47. The van der Waals surface area contributed by atoms with Crippen LogP contribution in [0.4, 0.5) is 0 Å². The predicted molar refractivity (Wildman–Crippen MR) is 81.4 cm³/mol. The number of phosphoric ester groups is 1. The van der Waals surface area contributed by atoms with Crippen molar-refractivity contribution in [2.24, 2.45) is 5.73 Å².